The number of rotatable bonds is 5. The highest BCUT2D eigenvalue weighted by Crippen LogP contribution is 1.98. The van der Waals surface area contributed by atoms with Crippen LogP contribution in [0.2, 0.25) is 0 Å². The lowest BCUT2D eigenvalue weighted by Gasteiger charge is -2.00. The van der Waals surface area contributed by atoms with Crippen molar-refractivity contribution in [2.75, 3.05) is 6.54 Å². The second-order valence-corrected chi connectivity index (χ2v) is 3.95. The summed E-state index contributed by atoms with van der Waals surface area (Å²) in [5, 5.41) is 7.59. The SMILES string of the molecule is Cn1ccc(CNCCc2ncn(C)n2)c1. The maximum atomic E-state index is 4.22. The molecule has 2 aromatic rings. The Morgan fingerprint density at radius 2 is 2.25 bits per heavy atom. The maximum Gasteiger partial charge on any atom is 0.151 e. The van der Waals surface area contributed by atoms with E-state index in [-0.39, 0.29) is 0 Å². The molecule has 86 valence electrons. The van der Waals surface area contributed by atoms with Crippen molar-refractivity contribution in [1.82, 2.24) is 24.6 Å². The lowest BCUT2D eigenvalue weighted by molar-refractivity contribution is 0.660. The number of nitrogens with one attached hydrogen (secondary N) is 1. The Balaban J connectivity index is 1.69. The van der Waals surface area contributed by atoms with Crippen LogP contribution in [0.1, 0.15) is 11.4 Å². The molecule has 5 nitrogen and oxygen atoms in total. The van der Waals surface area contributed by atoms with Gasteiger partial charge in [-0.2, -0.15) is 5.10 Å². The summed E-state index contributed by atoms with van der Waals surface area (Å²) < 4.78 is 3.78. The Bertz CT molecular complexity index is 400. The van der Waals surface area contributed by atoms with Crippen molar-refractivity contribution >= 4 is 0 Å². The van der Waals surface area contributed by atoms with Gasteiger partial charge in [0.2, 0.25) is 0 Å². The molecule has 0 radical (unpaired) electrons. The van der Waals surface area contributed by atoms with Crippen molar-refractivity contribution < 1.29 is 0 Å². The zero-order chi connectivity index (χ0) is 11.4. The van der Waals surface area contributed by atoms with Gasteiger partial charge in [0.1, 0.15) is 6.33 Å². The lowest BCUT2D eigenvalue weighted by atomic mass is 10.3. The van der Waals surface area contributed by atoms with E-state index in [0.29, 0.717) is 0 Å². The van der Waals surface area contributed by atoms with Crippen LogP contribution in [0.3, 0.4) is 0 Å². The zero-order valence-electron chi connectivity index (χ0n) is 9.72. The van der Waals surface area contributed by atoms with Crippen LogP contribution in [-0.4, -0.2) is 25.9 Å². The molecule has 0 unspecified atom stereocenters. The molecule has 5 heteroatoms. The molecule has 0 amide bonds. The van der Waals surface area contributed by atoms with Crippen LogP contribution in [0.4, 0.5) is 0 Å². The van der Waals surface area contributed by atoms with E-state index >= 15 is 0 Å². The number of nitrogens with zero attached hydrogens (tertiary/aromatic N) is 4. The van der Waals surface area contributed by atoms with Gasteiger partial charge >= 0.3 is 0 Å². The third-order valence-corrected chi connectivity index (χ3v) is 2.39. The van der Waals surface area contributed by atoms with E-state index < -0.39 is 0 Å². The number of hydrogen-bond donors (Lipinski definition) is 1. The van der Waals surface area contributed by atoms with Crippen molar-refractivity contribution in [3.8, 4) is 0 Å². The summed E-state index contributed by atoms with van der Waals surface area (Å²) in [5.74, 6) is 0.892. The summed E-state index contributed by atoms with van der Waals surface area (Å²) in [7, 11) is 3.91. The van der Waals surface area contributed by atoms with Crippen molar-refractivity contribution in [2.24, 2.45) is 14.1 Å². The van der Waals surface area contributed by atoms with Crippen molar-refractivity contribution in [3.63, 3.8) is 0 Å². The molecule has 2 heterocycles. The average molecular weight is 219 g/mol. The Morgan fingerprint density at radius 1 is 1.38 bits per heavy atom. The highest BCUT2D eigenvalue weighted by atomic mass is 15.3. The monoisotopic (exact) mass is 219 g/mol. The summed E-state index contributed by atoms with van der Waals surface area (Å²) in [6.07, 6.45) is 6.77. The molecular formula is C11H17N5. The van der Waals surface area contributed by atoms with Crippen molar-refractivity contribution in [1.29, 1.82) is 0 Å². The van der Waals surface area contributed by atoms with Gasteiger partial charge in [-0.3, -0.25) is 4.68 Å². The fraction of sp³-hybridized carbons (Fsp3) is 0.455. The van der Waals surface area contributed by atoms with E-state index in [9.17, 15) is 0 Å². The number of hydrogen-bond acceptors (Lipinski definition) is 3. The van der Waals surface area contributed by atoms with Crippen LogP contribution in [0.5, 0.6) is 0 Å². The molecule has 1 N–H and O–H groups in total. The maximum absolute atomic E-state index is 4.22. The van der Waals surface area contributed by atoms with E-state index in [1.165, 1.54) is 5.56 Å². The van der Waals surface area contributed by atoms with Crippen LogP contribution in [-0.2, 0) is 27.1 Å². The molecule has 0 aliphatic heterocycles. The first-order valence-corrected chi connectivity index (χ1v) is 5.40. The van der Waals surface area contributed by atoms with E-state index in [2.05, 4.69) is 38.4 Å². The van der Waals surface area contributed by atoms with Crippen LogP contribution in [0.15, 0.2) is 24.8 Å². The van der Waals surface area contributed by atoms with E-state index in [1.807, 2.05) is 14.1 Å². The molecule has 0 atom stereocenters. The standard InChI is InChI=1S/C11H17N5/c1-15-6-4-10(8-15)7-12-5-3-11-13-9-16(2)14-11/h4,6,8-9,12H,3,5,7H2,1-2H3. The van der Waals surface area contributed by atoms with Gasteiger partial charge in [0.05, 0.1) is 0 Å². The molecular weight excluding hydrogens is 202 g/mol. The van der Waals surface area contributed by atoms with E-state index in [1.54, 1.807) is 11.0 Å². The molecule has 2 rings (SSSR count). The summed E-state index contributed by atoms with van der Waals surface area (Å²) in [6, 6.07) is 2.12. The zero-order valence-corrected chi connectivity index (χ0v) is 9.72. The van der Waals surface area contributed by atoms with Crippen LogP contribution >= 0.6 is 0 Å². The Kier molecular flexibility index (Phi) is 3.36. The summed E-state index contributed by atoms with van der Waals surface area (Å²) in [6.45, 7) is 1.80. The smallest absolute Gasteiger partial charge is 0.151 e. The second-order valence-electron chi connectivity index (χ2n) is 3.95. The Labute approximate surface area is 95.1 Å². The summed E-state index contributed by atoms with van der Waals surface area (Å²) in [4.78, 5) is 4.17. The summed E-state index contributed by atoms with van der Waals surface area (Å²) >= 11 is 0. The molecule has 16 heavy (non-hydrogen) atoms. The predicted octanol–water partition coefficient (Wildman–Crippen LogP) is 0.486. The largest absolute Gasteiger partial charge is 0.357 e. The first kappa shape index (κ1) is 10.9. The molecule has 0 fully saturated rings. The molecule has 0 spiro atoms. The normalized spacial score (nSPS) is 10.9. The van der Waals surface area contributed by atoms with Gasteiger partial charge in [-0.1, -0.05) is 0 Å². The molecule has 0 aliphatic carbocycles. The van der Waals surface area contributed by atoms with E-state index in [0.717, 1.165) is 25.3 Å². The minimum atomic E-state index is 0.869. The minimum absolute atomic E-state index is 0.869. The van der Waals surface area contributed by atoms with Gasteiger partial charge in [-0.15, -0.1) is 0 Å². The van der Waals surface area contributed by atoms with Crippen LogP contribution < -0.4 is 5.32 Å². The van der Waals surface area contributed by atoms with Gasteiger partial charge in [0.15, 0.2) is 5.82 Å². The van der Waals surface area contributed by atoms with Gasteiger partial charge in [-0.05, 0) is 11.6 Å². The first-order chi connectivity index (χ1) is 7.74. The molecule has 0 saturated carbocycles. The van der Waals surface area contributed by atoms with Crippen molar-refractivity contribution in [3.05, 3.63) is 36.2 Å². The predicted molar refractivity (Wildman–Crippen MR) is 61.8 cm³/mol. The molecule has 0 aliphatic rings. The van der Waals surface area contributed by atoms with Gasteiger partial charge in [0, 0.05) is 46.0 Å². The van der Waals surface area contributed by atoms with E-state index in [4.69, 9.17) is 0 Å². The lowest BCUT2D eigenvalue weighted by Crippen LogP contribution is -2.17. The number of aryl methyl sites for hydroxylation is 2. The fourth-order valence-corrected chi connectivity index (χ4v) is 1.60. The molecule has 0 aromatic carbocycles. The van der Waals surface area contributed by atoms with Crippen LogP contribution in [0, 0.1) is 0 Å². The van der Waals surface area contributed by atoms with Crippen molar-refractivity contribution in [2.45, 2.75) is 13.0 Å². The average Bonchev–Trinajstić information content (AvgIpc) is 2.83. The van der Waals surface area contributed by atoms with Gasteiger partial charge in [-0.25, -0.2) is 4.98 Å². The molecule has 0 saturated heterocycles. The third-order valence-electron chi connectivity index (χ3n) is 2.39. The topological polar surface area (TPSA) is 47.7 Å². The highest BCUT2D eigenvalue weighted by Gasteiger charge is 1.98. The third kappa shape index (κ3) is 2.93. The Morgan fingerprint density at radius 3 is 2.88 bits per heavy atom. The van der Waals surface area contributed by atoms with Crippen LogP contribution in [0.25, 0.3) is 0 Å². The minimum Gasteiger partial charge on any atom is -0.357 e. The molecule has 2 aromatic heterocycles. The first-order valence-electron chi connectivity index (χ1n) is 5.40. The quantitative estimate of drug-likeness (QED) is 0.744. The Hall–Kier alpha value is -1.62. The van der Waals surface area contributed by atoms with Gasteiger partial charge in [0.25, 0.3) is 0 Å². The fourth-order valence-electron chi connectivity index (χ4n) is 1.60. The molecule has 0 bridgehead atoms. The summed E-state index contributed by atoms with van der Waals surface area (Å²) in [5.41, 5.74) is 1.30. The van der Waals surface area contributed by atoms with Gasteiger partial charge < -0.3 is 9.88 Å². The highest BCUT2D eigenvalue weighted by molar-refractivity contribution is 5.09. The second kappa shape index (κ2) is 4.94. The number of aromatic nitrogens is 4.